The Morgan fingerprint density at radius 1 is 1.30 bits per heavy atom. The molecule has 6 heterocycles. The summed E-state index contributed by atoms with van der Waals surface area (Å²) in [4.78, 5) is 20.6. The van der Waals surface area contributed by atoms with Crippen LogP contribution in [-0.2, 0) is 4.74 Å². The van der Waals surface area contributed by atoms with Gasteiger partial charge in [0.05, 0.1) is 30.3 Å². The molecule has 1 aromatic heterocycles. The van der Waals surface area contributed by atoms with E-state index in [-0.39, 0.29) is 11.7 Å². The zero-order valence-corrected chi connectivity index (χ0v) is 18.5. The molecule has 6 rings (SSSR count). The van der Waals surface area contributed by atoms with E-state index in [1.54, 1.807) is 16.2 Å². The minimum atomic E-state index is -0.211. The van der Waals surface area contributed by atoms with E-state index in [1.807, 2.05) is 6.20 Å². The van der Waals surface area contributed by atoms with Gasteiger partial charge in [-0.15, -0.1) is 11.3 Å². The van der Waals surface area contributed by atoms with Gasteiger partial charge in [0.25, 0.3) is 0 Å². The first-order valence-electron chi connectivity index (χ1n) is 11.0. The van der Waals surface area contributed by atoms with Crippen molar-refractivity contribution >= 4 is 29.6 Å². The smallest absolute Gasteiger partial charge is 0.323 e. The molecule has 1 aromatic rings. The largest absolute Gasteiger partial charge is 0.379 e. The van der Waals surface area contributed by atoms with E-state index >= 15 is 0 Å². The van der Waals surface area contributed by atoms with Crippen LogP contribution in [-0.4, -0.2) is 78.9 Å². The lowest BCUT2D eigenvalue weighted by Gasteiger charge is -2.53. The summed E-state index contributed by atoms with van der Waals surface area (Å²) in [6, 6.07) is 2.11. The first kappa shape index (κ1) is 20.1. The molecule has 1 N–H and O–H groups in total. The molecule has 160 valence electrons. The lowest BCUT2D eigenvalue weighted by atomic mass is 9.80. The molecule has 7 heteroatoms. The fourth-order valence-corrected chi connectivity index (χ4v) is 5.97. The van der Waals surface area contributed by atoms with Gasteiger partial charge in [-0.05, 0) is 44.2 Å². The third-order valence-electron chi connectivity index (χ3n) is 6.81. The number of piperidine rings is 3. The second kappa shape index (κ2) is 8.35. The molecule has 0 aliphatic carbocycles. The number of carbonyl (C=O) groups excluding carboxylic acids is 1. The summed E-state index contributed by atoms with van der Waals surface area (Å²) in [6.07, 6.45) is 7.71. The second-order valence-corrected chi connectivity index (χ2v) is 10.0. The van der Waals surface area contributed by atoms with E-state index in [2.05, 4.69) is 46.0 Å². The van der Waals surface area contributed by atoms with Crippen LogP contribution in [0.25, 0.3) is 12.3 Å². The van der Waals surface area contributed by atoms with Gasteiger partial charge in [-0.25, -0.2) is 4.79 Å². The highest BCUT2D eigenvalue weighted by Gasteiger charge is 2.43. The Hall–Kier alpha value is -1.85. The molecule has 4 fully saturated rings. The van der Waals surface area contributed by atoms with Gasteiger partial charge in [-0.3, -0.25) is 14.7 Å². The Morgan fingerprint density at radius 2 is 2.10 bits per heavy atom. The molecule has 5 aliphatic heterocycles. The summed E-state index contributed by atoms with van der Waals surface area (Å²) < 4.78 is 6.59. The number of rotatable bonds is 2. The maximum atomic E-state index is 13.0. The number of hydrogen-bond donors (Lipinski definition) is 1. The molecule has 0 saturated carbocycles. The van der Waals surface area contributed by atoms with Gasteiger partial charge in [0.1, 0.15) is 0 Å². The monoisotopic (exact) mass is 426 g/mol. The van der Waals surface area contributed by atoms with Gasteiger partial charge in [-0.2, -0.15) is 0 Å². The summed E-state index contributed by atoms with van der Waals surface area (Å²) in [5.74, 6) is 7.35. The predicted molar refractivity (Wildman–Crippen MR) is 119 cm³/mol. The van der Waals surface area contributed by atoms with Crippen LogP contribution < -0.4 is 15.1 Å². The van der Waals surface area contributed by atoms with Crippen molar-refractivity contribution in [2.24, 2.45) is 5.92 Å². The third kappa shape index (κ3) is 4.15. The number of carbonyl (C=O) groups is 1. The van der Waals surface area contributed by atoms with Crippen molar-refractivity contribution < 1.29 is 9.53 Å². The minimum absolute atomic E-state index is 0.00176. The Balaban J connectivity index is 1.25. The summed E-state index contributed by atoms with van der Waals surface area (Å²) in [6.45, 7) is 9.28. The van der Waals surface area contributed by atoms with Gasteiger partial charge in [0.2, 0.25) is 0 Å². The minimum Gasteiger partial charge on any atom is -0.379 e. The molecule has 2 amide bonds. The molecule has 0 aromatic carbocycles. The lowest BCUT2D eigenvalue weighted by molar-refractivity contribution is -0.0328. The number of nitrogens with one attached hydrogen (secondary N) is 1. The van der Waals surface area contributed by atoms with E-state index < -0.39 is 0 Å². The first-order chi connectivity index (χ1) is 14.6. The Bertz CT molecular complexity index is 979. The molecule has 2 bridgehead atoms. The fraction of sp³-hybridized carbons (Fsp3) is 0.609. The summed E-state index contributed by atoms with van der Waals surface area (Å²) in [7, 11) is 0. The van der Waals surface area contributed by atoms with E-state index in [4.69, 9.17) is 4.74 Å². The number of morpholine rings is 1. The Kier molecular flexibility index (Phi) is 5.59. The Morgan fingerprint density at radius 3 is 2.83 bits per heavy atom. The fourth-order valence-electron chi connectivity index (χ4n) is 5.04. The number of amides is 2. The number of urea groups is 1. The van der Waals surface area contributed by atoms with Crippen LogP contribution in [0.15, 0.2) is 6.07 Å². The third-order valence-corrected chi connectivity index (χ3v) is 7.88. The quantitative estimate of drug-likeness (QED) is 0.711. The molecule has 0 unspecified atom stereocenters. The van der Waals surface area contributed by atoms with E-state index in [0.29, 0.717) is 6.54 Å². The summed E-state index contributed by atoms with van der Waals surface area (Å²) in [5, 5.41) is 4.42. The molecule has 30 heavy (non-hydrogen) atoms. The summed E-state index contributed by atoms with van der Waals surface area (Å²) in [5.41, 5.74) is -0.211. The molecule has 0 radical (unpaired) electrons. The van der Waals surface area contributed by atoms with Crippen molar-refractivity contribution in [2.75, 3.05) is 52.5 Å². The standard InChI is InChI=1S/C23H30N4O2S/c1-23(16-18-4-9-27(23)10-5-18)24-22(28)26-8-6-21-19(17-26)15-20(30-21)3-2-7-25-11-13-29-14-12-25/h6,15,17-18H,4-5,7-14,16H2,1H3,(H,24,28)/t23-/m0/s1. The number of thiophene rings is 1. The van der Waals surface area contributed by atoms with E-state index in [0.717, 1.165) is 68.4 Å². The Labute approximate surface area is 182 Å². The van der Waals surface area contributed by atoms with Gasteiger partial charge in [0, 0.05) is 48.7 Å². The van der Waals surface area contributed by atoms with Gasteiger partial charge < -0.3 is 10.1 Å². The van der Waals surface area contributed by atoms with Crippen LogP contribution in [0, 0.1) is 17.8 Å². The van der Waals surface area contributed by atoms with E-state index in [1.165, 1.54) is 17.4 Å². The van der Waals surface area contributed by atoms with Crippen LogP contribution >= 0.6 is 11.3 Å². The van der Waals surface area contributed by atoms with Crippen LogP contribution in [0.2, 0.25) is 0 Å². The van der Waals surface area contributed by atoms with Crippen LogP contribution in [0.1, 0.15) is 31.1 Å². The van der Waals surface area contributed by atoms with Crippen LogP contribution in [0.5, 0.6) is 0 Å². The maximum absolute atomic E-state index is 13.0. The van der Waals surface area contributed by atoms with Crippen molar-refractivity contribution in [3.8, 4) is 11.8 Å². The molecular formula is C23H30N4O2S. The second-order valence-electron chi connectivity index (χ2n) is 8.94. The number of fused-ring (bicyclic) bond motifs is 4. The maximum Gasteiger partial charge on any atom is 0.323 e. The molecule has 5 aliphatic rings. The van der Waals surface area contributed by atoms with Crippen molar-refractivity contribution in [3.05, 3.63) is 20.7 Å². The normalized spacial score (nSPS) is 30.5. The van der Waals surface area contributed by atoms with E-state index in [9.17, 15) is 4.79 Å². The van der Waals surface area contributed by atoms with Crippen LogP contribution in [0.3, 0.4) is 0 Å². The van der Waals surface area contributed by atoms with Crippen LogP contribution in [0.4, 0.5) is 4.79 Å². The molecule has 1 atom stereocenters. The SMILES string of the molecule is C[C@@]1(NC(=O)N2C=c3cc(C#CCN4CCOCC4)sc3=CC2)CC2CCN1CC2. The summed E-state index contributed by atoms with van der Waals surface area (Å²) >= 11 is 1.71. The number of nitrogens with zero attached hydrogens (tertiary/aromatic N) is 3. The zero-order chi connectivity index (χ0) is 20.6. The highest BCUT2D eigenvalue weighted by molar-refractivity contribution is 7.10. The lowest BCUT2D eigenvalue weighted by Crippen LogP contribution is -2.66. The van der Waals surface area contributed by atoms with Crippen molar-refractivity contribution in [3.63, 3.8) is 0 Å². The topological polar surface area (TPSA) is 48.1 Å². The highest BCUT2D eigenvalue weighted by atomic mass is 32.1. The average molecular weight is 427 g/mol. The predicted octanol–water partition coefficient (Wildman–Crippen LogP) is 0.807. The van der Waals surface area contributed by atoms with Gasteiger partial charge in [0.15, 0.2) is 0 Å². The van der Waals surface area contributed by atoms with Crippen molar-refractivity contribution in [2.45, 2.75) is 31.8 Å². The number of hydrogen-bond acceptors (Lipinski definition) is 5. The first-order valence-corrected chi connectivity index (χ1v) is 11.9. The molecule has 4 saturated heterocycles. The molecule has 6 nitrogen and oxygen atoms in total. The van der Waals surface area contributed by atoms with Gasteiger partial charge in [-0.1, -0.05) is 11.8 Å². The van der Waals surface area contributed by atoms with Gasteiger partial charge >= 0.3 is 6.03 Å². The average Bonchev–Trinajstić information content (AvgIpc) is 3.17. The molecular weight excluding hydrogens is 396 g/mol. The molecule has 0 spiro atoms. The highest BCUT2D eigenvalue weighted by Crippen LogP contribution is 2.37. The number of ether oxygens (including phenoxy) is 1. The zero-order valence-electron chi connectivity index (χ0n) is 17.7. The van der Waals surface area contributed by atoms with Crippen molar-refractivity contribution in [1.82, 2.24) is 20.0 Å². The van der Waals surface area contributed by atoms with Crippen molar-refractivity contribution in [1.29, 1.82) is 0 Å².